The highest BCUT2D eigenvalue weighted by Gasteiger charge is 2.28. The normalized spacial score (nSPS) is 20.4. The van der Waals surface area contributed by atoms with Crippen molar-refractivity contribution in [3.63, 3.8) is 0 Å². The lowest BCUT2D eigenvalue weighted by atomic mass is 9.75. The number of benzene rings is 1. The molecular formula is C16H20FN. The van der Waals surface area contributed by atoms with Crippen LogP contribution in [0.15, 0.2) is 30.5 Å². The van der Waals surface area contributed by atoms with Gasteiger partial charge in [-0.25, -0.2) is 4.39 Å². The fourth-order valence-corrected chi connectivity index (χ4v) is 3.13. The maximum absolute atomic E-state index is 13.7. The monoisotopic (exact) mass is 245 g/mol. The molecule has 0 aliphatic heterocycles. The van der Waals surface area contributed by atoms with Gasteiger partial charge in [0.1, 0.15) is 5.82 Å². The van der Waals surface area contributed by atoms with E-state index < -0.39 is 0 Å². The SMILES string of the molecule is CC1(C)CCC(n2ccc3c(F)cccc32)CC1. The van der Waals surface area contributed by atoms with Crippen molar-refractivity contribution in [1.29, 1.82) is 0 Å². The molecule has 0 unspecified atom stereocenters. The van der Waals surface area contributed by atoms with Gasteiger partial charge in [0.15, 0.2) is 0 Å². The van der Waals surface area contributed by atoms with Gasteiger partial charge in [0.2, 0.25) is 0 Å². The highest BCUT2D eigenvalue weighted by Crippen LogP contribution is 2.41. The van der Waals surface area contributed by atoms with Gasteiger partial charge in [0.05, 0.1) is 5.52 Å². The second-order valence-electron chi connectivity index (χ2n) is 6.29. The summed E-state index contributed by atoms with van der Waals surface area (Å²) in [5.74, 6) is -0.109. The van der Waals surface area contributed by atoms with E-state index in [0.29, 0.717) is 11.5 Å². The van der Waals surface area contributed by atoms with Crippen LogP contribution in [0.5, 0.6) is 0 Å². The van der Waals surface area contributed by atoms with E-state index in [1.165, 1.54) is 31.7 Å². The molecule has 0 bridgehead atoms. The van der Waals surface area contributed by atoms with Gasteiger partial charge in [-0.3, -0.25) is 0 Å². The van der Waals surface area contributed by atoms with Gasteiger partial charge in [0, 0.05) is 17.6 Å². The van der Waals surface area contributed by atoms with Gasteiger partial charge >= 0.3 is 0 Å². The van der Waals surface area contributed by atoms with E-state index in [0.717, 1.165) is 10.9 Å². The zero-order valence-electron chi connectivity index (χ0n) is 11.1. The number of nitrogens with zero attached hydrogens (tertiary/aromatic N) is 1. The lowest BCUT2D eigenvalue weighted by molar-refractivity contribution is 0.196. The Labute approximate surface area is 108 Å². The third kappa shape index (κ3) is 1.94. The predicted molar refractivity (Wildman–Crippen MR) is 73.2 cm³/mol. The number of hydrogen-bond acceptors (Lipinski definition) is 0. The number of fused-ring (bicyclic) bond motifs is 1. The quantitative estimate of drug-likeness (QED) is 0.672. The number of rotatable bonds is 1. The van der Waals surface area contributed by atoms with E-state index in [1.807, 2.05) is 12.1 Å². The first kappa shape index (κ1) is 11.8. The molecule has 0 amide bonds. The van der Waals surface area contributed by atoms with Crippen LogP contribution in [-0.2, 0) is 0 Å². The Hall–Kier alpha value is -1.31. The molecule has 3 rings (SSSR count). The molecule has 96 valence electrons. The van der Waals surface area contributed by atoms with Crippen molar-refractivity contribution in [2.75, 3.05) is 0 Å². The molecule has 2 aromatic rings. The van der Waals surface area contributed by atoms with Gasteiger partial charge in [-0.05, 0) is 49.3 Å². The Kier molecular flexibility index (Phi) is 2.69. The molecule has 0 N–H and O–H groups in total. The number of halogens is 1. The molecule has 1 aliphatic rings. The Balaban J connectivity index is 1.94. The maximum Gasteiger partial charge on any atom is 0.132 e. The first-order chi connectivity index (χ1) is 8.57. The minimum atomic E-state index is -0.109. The molecule has 1 aromatic carbocycles. The highest BCUT2D eigenvalue weighted by atomic mass is 19.1. The van der Waals surface area contributed by atoms with Crippen LogP contribution in [0.3, 0.4) is 0 Å². The summed E-state index contributed by atoms with van der Waals surface area (Å²) < 4.78 is 15.9. The molecule has 1 heterocycles. The second kappa shape index (κ2) is 4.11. The topological polar surface area (TPSA) is 4.93 Å². The molecule has 0 saturated heterocycles. The van der Waals surface area contributed by atoms with Gasteiger partial charge < -0.3 is 4.57 Å². The fourth-order valence-electron chi connectivity index (χ4n) is 3.13. The van der Waals surface area contributed by atoms with E-state index in [-0.39, 0.29) is 5.82 Å². The Bertz CT molecular complexity index is 557. The summed E-state index contributed by atoms with van der Waals surface area (Å²) in [4.78, 5) is 0. The lowest BCUT2D eigenvalue weighted by Crippen LogP contribution is -2.23. The number of aromatic nitrogens is 1. The second-order valence-corrected chi connectivity index (χ2v) is 6.29. The van der Waals surface area contributed by atoms with Gasteiger partial charge in [0.25, 0.3) is 0 Å². The van der Waals surface area contributed by atoms with Crippen molar-refractivity contribution >= 4 is 10.9 Å². The van der Waals surface area contributed by atoms with E-state index in [4.69, 9.17) is 0 Å². The zero-order chi connectivity index (χ0) is 12.8. The molecule has 1 saturated carbocycles. The summed E-state index contributed by atoms with van der Waals surface area (Å²) in [7, 11) is 0. The first-order valence-electron chi connectivity index (χ1n) is 6.82. The van der Waals surface area contributed by atoms with Gasteiger partial charge in [-0.15, -0.1) is 0 Å². The van der Waals surface area contributed by atoms with Crippen molar-refractivity contribution in [2.45, 2.75) is 45.6 Å². The van der Waals surface area contributed by atoms with Crippen LogP contribution in [0.1, 0.15) is 45.6 Å². The minimum Gasteiger partial charge on any atom is -0.344 e. The van der Waals surface area contributed by atoms with E-state index >= 15 is 0 Å². The van der Waals surface area contributed by atoms with Crippen molar-refractivity contribution in [3.8, 4) is 0 Å². The summed E-state index contributed by atoms with van der Waals surface area (Å²) in [5, 5.41) is 0.752. The molecule has 2 heteroatoms. The fraction of sp³-hybridized carbons (Fsp3) is 0.500. The standard InChI is InChI=1S/C16H20FN/c1-16(2)9-6-12(7-10-16)18-11-8-13-14(17)4-3-5-15(13)18/h3-5,8,11-12H,6-7,9-10H2,1-2H3. The van der Waals surface area contributed by atoms with Crippen LogP contribution < -0.4 is 0 Å². The Morgan fingerprint density at radius 1 is 1.17 bits per heavy atom. The van der Waals surface area contributed by atoms with Crippen molar-refractivity contribution in [2.24, 2.45) is 5.41 Å². The zero-order valence-corrected chi connectivity index (χ0v) is 11.1. The summed E-state index contributed by atoms with van der Waals surface area (Å²) in [6, 6.07) is 7.82. The largest absolute Gasteiger partial charge is 0.344 e. The van der Waals surface area contributed by atoms with Crippen molar-refractivity contribution in [3.05, 3.63) is 36.3 Å². The van der Waals surface area contributed by atoms with Crippen LogP contribution in [0.2, 0.25) is 0 Å². The molecule has 1 aromatic heterocycles. The molecule has 0 radical (unpaired) electrons. The van der Waals surface area contributed by atoms with Gasteiger partial charge in [-0.1, -0.05) is 19.9 Å². The first-order valence-corrected chi connectivity index (χ1v) is 6.82. The average molecular weight is 245 g/mol. The Morgan fingerprint density at radius 3 is 2.61 bits per heavy atom. The minimum absolute atomic E-state index is 0.109. The summed E-state index contributed by atoms with van der Waals surface area (Å²) in [6.45, 7) is 4.69. The van der Waals surface area contributed by atoms with Crippen LogP contribution in [0.4, 0.5) is 4.39 Å². The third-order valence-electron chi connectivity index (χ3n) is 4.41. The highest BCUT2D eigenvalue weighted by molar-refractivity contribution is 5.80. The predicted octanol–water partition coefficient (Wildman–Crippen LogP) is 4.92. The molecule has 1 aliphatic carbocycles. The smallest absolute Gasteiger partial charge is 0.132 e. The lowest BCUT2D eigenvalue weighted by Gasteiger charge is -2.35. The van der Waals surface area contributed by atoms with Gasteiger partial charge in [-0.2, -0.15) is 0 Å². The Morgan fingerprint density at radius 2 is 1.89 bits per heavy atom. The molecule has 1 fully saturated rings. The molecule has 0 atom stereocenters. The molecule has 18 heavy (non-hydrogen) atoms. The van der Waals surface area contributed by atoms with E-state index in [1.54, 1.807) is 6.07 Å². The maximum atomic E-state index is 13.7. The van der Waals surface area contributed by atoms with Crippen LogP contribution in [-0.4, -0.2) is 4.57 Å². The number of hydrogen-bond donors (Lipinski definition) is 0. The molecular weight excluding hydrogens is 225 g/mol. The summed E-state index contributed by atoms with van der Waals surface area (Å²) in [5.41, 5.74) is 1.52. The molecule has 0 spiro atoms. The third-order valence-corrected chi connectivity index (χ3v) is 4.41. The van der Waals surface area contributed by atoms with E-state index in [2.05, 4.69) is 24.6 Å². The van der Waals surface area contributed by atoms with Crippen LogP contribution in [0.25, 0.3) is 10.9 Å². The van der Waals surface area contributed by atoms with E-state index in [9.17, 15) is 4.39 Å². The van der Waals surface area contributed by atoms with Crippen molar-refractivity contribution in [1.82, 2.24) is 4.57 Å². The molecule has 1 nitrogen and oxygen atoms in total. The summed E-state index contributed by atoms with van der Waals surface area (Å²) >= 11 is 0. The van der Waals surface area contributed by atoms with Crippen molar-refractivity contribution < 1.29 is 4.39 Å². The van der Waals surface area contributed by atoms with Crippen LogP contribution >= 0.6 is 0 Å². The van der Waals surface area contributed by atoms with Crippen LogP contribution in [0, 0.1) is 11.2 Å². The summed E-state index contributed by atoms with van der Waals surface area (Å²) in [6.07, 6.45) is 6.97. The average Bonchev–Trinajstić information content (AvgIpc) is 2.74.